The van der Waals surface area contributed by atoms with Gasteiger partial charge in [-0.25, -0.2) is 0 Å². The Labute approximate surface area is 94.1 Å². The van der Waals surface area contributed by atoms with Crippen LogP contribution in [0.3, 0.4) is 0 Å². The van der Waals surface area contributed by atoms with Crippen LogP contribution in [0.15, 0.2) is 0 Å². The van der Waals surface area contributed by atoms with Gasteiger partial charge in [0.25, 0.3) is 0 Å². The van der Waals surface area contributed by atoms with Gasteiger partial charge in [0.05, 0.1) is 0 Å². The molecule has 15 heavy (non-hydrogen) atoms. The Morgan fingerprint density at radius 2 is 1.33 bits per heavy atom. The van der Waals surface area contributed by atoms with E-state index < -0.39 is 5.97 Å². The van der Waals surface area contributed by atoms with Gasteiger partial charge in [-0.15, -0.1) is 0 Å². The van der Waals surface area contributed by atoms with Crippen molar-refractivity contribution in [3.8, 4) is 0 Å². The van der Waals surface area contributed by atoms with E-state index >= 15 is 0 Å². The monoisotopic (exact) mass is 216 g/mol. The van der Waals surface area contributed by atoms with Crippen LogP contribution in [-0.2, 0) is 4.79 Å². The maximum Gasteiger partial charge on any atom is 0.0383 e. The van der Waals surface area contributed by atoms with Gasteiger partial charge in [-0.1, -0.05) is 51.9 Å². The Kier molecular flexibility index (Phi) is 17.8. The predicted molar refractivity (Wildman–Crippen MR) is 62.3 cm³/mol. The van der Waals surface area contributed by atoms with Gasteiger partial charge in [0.15, 0.2) is 0 Å². The molecule has 0 aliphatic carbocycles. The normalized spacial score (nSPS) is 9.27. The van der Waals surface area contributed by atoms with E-state index in [0.29, 0.717) is 0 Å². The van der Waals surface area contributed by atoms with E-state index in [1.165, 1.54) is 51.4 Å². The fraction of sp³-hybridized carbons (Fsp3) is 0.917. The molecule has 0 atom stereocenters. The summed E-state index contributed by atoms with van der Waals surface area (Å²) in [5.41, 5.74) is 5.39. The van der Waals surface area contributed by atoms with Crippen LogP contribution in [0.2, 0.25) is 0 Å². The number of carboxylic acids is 1. The summed E-state index contributed by atoms with van der Waals surface area (Å²) in [6, 6.07) is 0. The van der Waals surface area contributed by atoms with Crippen LogP contribution in [0.25, 0.3) is 0 Å². The molecule has 0 amide bonds. The van der Waals surface area contributed by atoms with Gasteiger partial charge in [0.2, 0.25) is 0 Å². The van der Waals surface area contributed by atoms with Crippen LogP contribution in [0, 0.1) is 0 Å². The first-order valence-electron chi connectivity index (χ1n) is 6.02. The van der Waals surface area contributed by atoms with Crippen LogP contribution in [0.4, 0.5) is 0 Å². The summed E-state index contributed by atoms with van der Waals surface area (Å²) < 4.78 is 0. The second kappa shape index (κ2) is 15.9. The first-order valence-corrected chi connectivity index (χ1v) is 6.02. The third kappa shape index (κ3) is 31.8. The van der Waals surface area contributed by atoms with Gasteiger partial charge in [0.1, 0.15) is 0 Å². The lowest BCUT2D eigenvalue weighted by atomic mass is 10.1. The van der Waals surface area contributed by atoms with Crippen molar-refractivity contribution in [2.24, 2.45) is 5.73 Å². The zero-order valence-electron chi connectivity index (χ0n) is 10.3. The summed E-state index contributed by atoms with van der Waals surface area (Å²) in [5.74, 6) is -1.08. The van der Waals surface area contributed by atoms with Crippen LogP contribution < -0.4 is 10.8 Å². The Balaban J connectivity index is 0. The molecule has 0 aromatic rings. The standard InChI is InChI=1S/C10H23N.C2H4O2/c1-2-3-4-5-6-7-8-9-10-11;1-2(3)4/h2-11H2,1H3;1H3,(H,3,4)/p-1. The number of rotatable bonds is 8. The molecule has 0 radical (unpaired) electrons. The fourth-order valence-corrected chi connectivity index (χ4v) is 1.28. The van der Waals surface area contributed by atoms with Crippen molar-refractivity contribution in [3.63, 3.8) is 0 Å². The molecule has 0 aromatic heterocycles. The van der Waals surface area contributed by atoms with E-state index in [2.05, 4.69) is 6.92 Å². The van der Waals surface area contributed by atoms with E-state index in [9.17, 15) is 0 Å². The summed E-state index contributed by atoms with van der Waals surface area (Å²) in [6.45, 7) is 4.10. The highest BCUT2D eigenvalue weighted by molar-refractivity contribution is 5.60. The summed E-state index contributed by atoms with van der Waals surface area (Å²) in [7, 11) is 0. The lowest BCUT2D eigenvalue weighted by molar-refractivity contribution is -0.302. The first kappa shape index (κ1) is 16.8. The summed E-state index contributed by atoms with van der Waals surface area (Å²) in [5, 5.41) is 8.89. The molecule has 0 saturated carbocycles. The lowest BCUT2D eigenvalue weighted by Crippen LogP contribution is -2.16. The maximum atomic E-state index is 8.89. The number of aliphatic carboxylic acids is 1. The molecule has 3 nitrogen and oxygen atoms in total. The highest BCUT2D eigenvalue weighted by Crippen LogP contribution is 2.07. The molecule has 0 saturated heterocycles. The number of nitrogens with two attached hydrogens (primary N) is 1. The van der Waals surface area contributed by atoms with Crippen molar-refractivity contribution in [2.75, 3.05) is 6.54 Å². The molecule has 0 fully saturated rings. The Morgan fingerprint density at radius 1 is 1.00 bits per heavy atom. The van der Waals surface area contributed by atoms with Crippen LogP contribution in [-0.4, -0.2) is 12.5 Å². The van der Waals surface area contributed by atoms with Crippen molar-refractivity contribution in [1.29, 1.82) is 0 Å². The minimum atomic E-state index is -1.08. The molecule has 3 heteroatoms. The van der Waals surface area contributed by atoms with Crippen molar-refractivity contribution < 1.29 is 9.90 Å². The molecule has 0 unspecified atom stereocenters. The van der Waals surface area contributed by atoms with Crippen LogP contribution >= 0.6 is 0 Å². The number of hydrogen-bond donors (Lipinski definition) is 1. The second-order valence-corrected chi connectivity index (χ2v) is 3.76. The van der Waals surface area contributed by atoms with Crippen LogP contribution in [0.5, 0.6) is 0 Å². The van der Waals surface area contributed by atoms with Crippen molar-refractivity contribution in [2.45, 2.75) is 65.2 Å². The predicted octanol–water partition coefficient (Wildman–Crippen LogP) is 1.84. The number of carboxylic acid groups (broad SMARTS) is 1. The van der Waals surface area contributed by atoms with E-state index in [1.54, 1.807) is 0 Å². The molecule has 0 bridgehead atoms. The van der Waals surface area contributed by atoms with Crippen molar-refractivity contribution >= 4 is 5.97 Å². The number of carbonyl (C=O) groups is 1. The molecule has 0 heterocycles. The first-order chi connectivity index (χ1) is 7.15. The average molecular weight is 216 g/mol. The number of carbonyl (C=O) groups excluding carboxylic acids is 1. The molecule has 92 valence electrons. The van der Waals surface area contributed by atoms with E-state index in [-0.39, 0.29) is 0 Å². The summed E-state index contributed by atoms with van der Waals surface area (Å²) in [6.07, 6.45) is 11.0. The minimum absolute atomic E-state index is 0.870. The molecule has 0 aliphatic rings. The summed E-state index contributed by atoms with van der Waals surface area (Å²) in [4.78, 5) is 8.89. The number of hydrogen-bond acceptors (Lipinski definition) is 3. The highest BCUT2D eigenvalue weighted by atomic mass is 16.4. The Hall–Kier alpha value is -0.570. The van der Waals surface area contributed by atoms with Crippen LogP contribution in [0.1, 0.15) is 65.2 Å². The zero-order chi connectivity index (χ0) is 11.9. The Bertz CT molecular complexity index is 115. The maximum absolute atomic E-state index is 8.89. The smallest absolute Gasteiger partial charge is 0.0383 e. The average Bonchev–Trinajstić information content (AvgIpc) is 2.16. The van der Waals surface area contributed by atoms with E-state index in [4.69, 9.17) is 15.6 Å². The molecule has 0 aliphatic heterocycles. The van der Waals surface area contributed by atoms with Gasteiger partial charge in [-0.3, -0.25) is 0 Å². The van der Waals surface area contributed by atoms with Gasteiger partial charge in [0, 0.05) is 5.97 Å². The molecule has 0 aromatic carbocycles. The highest BCUT2D eigenvalue weighted by Gasteiger charge is 1.89. The zero-order valence-corrected chi connectivity index (χ0v) is 10.3. The van der Waals surface area contributed by atoms with Gasteiger partial charge in [-0.2, -0.15) is 0 Å². The fourth-order valence-electron chi connectivity index (χ4n) is 1.28. The van der Waals surface area contributed by atoms with Gasteiger partial charge in [-0.05, 0) is 19.9 Å². The second-order valence-electron chi connectivity index (χ2n) is 3.76. The minimum Gasteiger partial charge on any atom is -0.550 e. The lowest BCUT2D eigenvalue weighted by Gasteiger charge is -1.99. The molecule has 2 N–H and O–H groups in total. The molecule has 0 rings (SSSR count). The Morgan fingerprint density at radius 3 is 1.67 bits per heavy atom. The SMILES string of the molecule is CC(=O)[O-].CCCCCCCCCCN. The van der Waals surface area contributed by atoms with Crippen molar-refractivity contribution in [1.82, 2.24) is 0 Å². The van der Waals surface area contributed by atoms with E-state index in [1.807, 2.05) is 0 Å². The molecular formula is C12H26NO2-. The third-order valence-electron chi connectivity index (χ3n) is 2.06. The molecular weight excluding hydrogens is 190 g/mol. The largest absolute Gasteiger partial charge is 0.550 e. The summed E-state index contributed by atoms with van der Waals surface area (Å²) >= 11 is 0. The quantitative estimate of drug-likeness (QED) is 0.630. The van der Waals surface area contributed by atoms with Gasteiger partial charge < -0.3 is 15.6 Å². The third-order valence-corrected chi connectivity index (χ3v) is 2.06. The van der Waals surface area contributed by atoms with Crippen molar-refractivity contribution in [3.05, 3.63) is 0 Å². The molecule has 0 spiro atoms. The van der Waals surface area contributed by atoms with E-state index in [0.717, 1.165) is 13.5 Å². The topological polar surface area (TPSA) is 66.1 Å². The van der Waals surface area contributed by atoms with Gasteiger partial charge >= 0.3 is 0 Å². The number of unbranched alkanes of at least 4 members (excludes halogenated alkanes) is 7.